The van der Waals surface area contributed by atoms with Crippen LogP contribution in [-0.4, -0.2) is 52.4 Å². The van der Waals surface area contributed by atoms with Gasteiger partial charge >= 0.3 is 25.8 Å². The van der Waals surface area contributed by atoms with E-state index in [-0.39, 0.29) is 25.8 Å². The second-order valence-corrected chi connectivity index (χ2v) is 49.1. The molecule has 0 saturated carbocycles. The van der Waals surface area contributed by atoms with Gasteiger partial charge in [-0.2, -0.15) is 0 Å². The fraction of sp³-hybridized carbons (Fsp3) is 1.00. The van der Waals surface area contributed by atoms with Gasteiger partial charge < -0.3 is 21.3 Å². The zero-order chi connectivity index (χ0) is 107. The maximum atomic E-state index is 4.78. The summed E-state index contributed by atoms with van der Waals surface area (Å²) >= 11 is 0. The quantitative estimate of drug-likeness (QED) is 0.0430. The fourth-order valence-electron chi connectivity index (χ4n) is 22.6. The number of nitrogens with zero attached hydrogens (tertiary/aromatic N) is 4. The third-order valence-corrected chi connectivity index (χ3v) is 33.4. The Morgan fingerprint density at radius 2 is 0.101 bits per heavy atom. The van der Waals surface area contributed by atoms with Gasteiger partial charge in [-0.15, -0.1) is 52.4 Å². The first-order chi connectivity index (χ1) is 73.7. The molecular formula is C144H296HfN4. The third-order valence-electron chi connectivity index (χ3n) is 33.4. The Morgan fingerprint density at radius 3 is 0.148 bits per heavy atom. The van der Waals surface area contributed by atoms with Gasteiger partial charge in [0.2, 0.25) is 0 Å². The average molecular weight is 2260 g/mol. The van der Waals surface area contributed by atoms with E-state index in [1.807, 2.05) is 0 Å². The summed E-state index contributed by atoms with van der Waals surface area (Å²) in [5.74, 6) is 0. The molecule has 0 aliphatic heterocycles. The van der Waals surface area contributed by atoms with Crippen molar-refractivity contribution in [3.05, 3.63) is 21.3 Å². The van der Waals surface area contributed by atoms with E-state index in [1.54, 1.807) is 0 Å². The van der Waals surface area contributed by atoms with Gasteiger partial charge in [0.1, 0.15) is 0 Å². The molecule has 0 unspecified atom stereocenters. The molecule has 0 saturated heterocycles. The van der Waals surface area contributed by atoms with Crippen LogP contribution in [0.2, 0.25) is 0 Å². The zero-order valence-electron chi connectivity index (χ0n) is 106. The van der Waals surface area contributed by atoms with Crippen molar-refractivity contribution in [2.45, 2.75) is 877 Å². The fourth-order valence-corrected chi connectivity index (χ4v) is 22.6. The Kier molecular flexibility index (Phi) is 174. The van der Waals surface area contributed by atoms with Crippen LogP contribution < -0.4 is 0 Å². The molecule has 0 spiro atoms. The van der Waals surface area contributed by atoms with Crippen molar-refractivity contribution in [2.75, 3.05) is 52.4 Å². The van der Waals surface area contributed by atoms with E-state index in [0.29, 0.717) is 0 Å². The molecule has 0 aromatic rings. The van der Waals surface area contributed by atoms with Crippen LogP contribution in [-0.2, 0) is 25.8 Å². The van der Waals surface area contributed by atoms with Crippen LogP contribution in [0.25, 0.3) is 21.3 Å². The minimum atomic E-state index is 0. The predicted octanol–water partition coefficient (Wildman–Crippen LogP) is 55.5. The molecule has 0 atom stereocenters. The van der Waals surface area contributed by atoms with Gasteiger partial charge in [0.15, 0.2) is 0 Å². The van der Waals surface area contributed by atoms with Crippen LogP contribution in [0, 0.1) is 0 Å². The van der Waals surface area contributed by atoms with Crippen LogP contribution in [0.4, 0.5) is 0 Å². The Balaban J connectivity index is -0.000000617. The van der Waals surface area contributed by atoms with E-state index in [1.165, 1.54) is 822 Å². The van der Waals surface area contributed by atoms with Crippen molar-refractivity contribution in [2.24, 2.45) is 0 Å². The summed E-state index contributed by atoms with van der Waals surface area (Å²) < 4.78 is 0. The summed E-state index contributed by atoms with van der Waals surface area (Å²) in [4.78, 5) is 0. The molecule has 149 heavy (non-hydrogen) atoms. The van der Waals surface area contributed by atoms with Crippen LogP contribution in [0.3, 0.4) is 0 Å². The number of unbranched alkanes of at least 4 members (excludes halogenated alkanes) is 120. The Morgan fingerprint density at radius 1 is 0.0604 bits per heavy atom. The minimum absolute atomic E-state index is 0. The zero-order valence-corrected chi connectivity index (χ0v) is 110. The van der Waals surface area contributed by atoms with E-state index >= 15 is 0 Å². The topological polar surface area (TPSA) is 56.4 Å². The second-order valence-electron chi connectivity index (χ2n) is 49.1. The van der Waals surface area contributed by atoms with E-state index in [4.69, 9.17) is 21.3 Å². The molecule has 896 valence electrons. The van der Waals surface area contributed by atoms with Gasteiger partial charge in [-0.3, -0.25) is 0 Å². The molecule has 4 nitrogen and oxygen atoms in total. The van der Waals surface area contributed by atoms with Crippen LogP contribution in [0.1, 0.15) is 877 Å². The van der Waals surface area contributed by atoms with Crippen molar-refractivity contribution in [3.63, 3.8) is 0 Å². The van der Waals surface area contributed by atoms with Gasteiger partial charge in [0, 0.05) is 0 Å². The molecule has 0 amide bonds. The molecule has 0 radical (unpaired) electrons. The van der Waals surface area contributed by atoms with Gasteiger partial charge in [-0.1, -0.05) is 877 Å². The molecule has 0 aliphatic rings. The summed E-state index contributed by atoms with van der Waals surface area (Å²) in [6, 6.07) is 0. The second kappa shape index (κ2) is 164. The van der Waals surface area contributed by atoms with Gasteiger partial charge in [0.25, 0.3) is 0 Å². The first-order valence-electron chi connectivity index (χ1n) is 72.2. The third kappa shape index (κ3) is 171. The Labute approximate surface area is 969 Å². The smallest absolute Gasteiger partial charge is 0.662 e. The van der Waals surface area contributed by atoms with E-state index < -0.39 is 0 Å². The van der Waals surface area contributed by atoms with Crippen molar-refractivity contribution in [1.82, 2.24) is 0 Å². The molecule has 0 N–H and O–H groups in total. The first kappa shape index (κ1) is 158. The standard InChI is InChI=1S/4C36H74N.Hf/c4*1-3-5-7-9-11-13-15-17-19-21-23-25-27-29-31-33-35-37-36-34-32-30-28-26-24-22-20-18-16-14-12-10-8-6-4-2;/h4*3-36H2,1-2H3;/q4*-1;+4. The number of hydrogen-bond acceptors (Lipinski definition) is 0. The van der Waals surface area contributed by atoms with Crippen LogP contribution in [0.5, 0.6) is 0 Å². The van der Waals surface area contributed by atoms with Crippen molar-refractivity contribution < 1.29 is 25.8 Å². The van der Waals surface area contributed by atoms with E-state index in [0.717, 1.165) is 52.4 Å². The van der Waals surface area contributed by atoms with Crippen molar-refractivity contribution in [3.8, 4) is 0 Å². The summed E-state index contributed by atoms with van der Waals surface area (Å²) in [5, 5.41) is 19.1. The van der Waals surface area contributed by atoms with E-state index in [9.17, 15) is 0 Å². The van der Waals surface area contributed by atoms with Gasteiger partial charge in [-0.25, -0.2) is 0 Å². The van der Waals surface area contributed by atoms with Crippen LogP contribution in [0.15, 0.2) is 0 Å². The molecule has 0 rings (SSSR count). The summed E-state index contributed by atoms with van der Waals surface area (Å²) in [6.45, 7) is 27.4. The normalized spacial score (nSPS) is 11.4. The van der Waals surface area contributed by atoms with Crippen molar-refractivity contribution in [1.29, 1.82) is 0 Å². The molecule has 5 heteroatoms. The molecular weight excluding hydrogens is 1960 g/mol. The summed E-state index contributed by atoms with van der Waals surface area (Å²) in [7, 11) is 0. The largest absolute Gasteiger partial charge is 4.00 e. The molecule has 0 aliphatic carbocycles. The Hall–Kier alpha value is 0.710. The molecule has 0 heterocycles. The maximum absolute atomic E-state index is 4.78. The minimum Gasteiger partial charge on any atom is -0.662 e. The molecule has 0 aromatic heterocycles. The Bertz CT molecular complexity index is 1620. The predicted molar refractivity (Wildman–Crippen MR) is 689 cm³/mol. The van der Waals surface area contributed by atoms with Crippen LogP contribution >= 0.6 is 0 Å². The molecule has 0 bridgehead atoms. The number of hydrogen-bond donors (Lipinski definition) is 0. The monoisotopic (exact) mass is 2260 g/mol. The SMILES string of the molecule is CCCCCCCCCCCCCCCCCC[N-]CCCCCCCCCCCCCCCCCC.CCCCCCCCCCCCCCCCCC[N-]CCCCCCCCCCCCCCCCCC.CCCCCCCCCCCCCCCCCC[N-]CCCCCCCCCCCCCCCCCC.CCCCCCCCCCCCCCCCCC[N-]CCCCCCCCCCCCCCCCCC.[Hf+4]. The first-order valence-corrected chi connectivity index (χ1v) is 72.2. The average Bonchev–Trinajstić information content (AvgIpc) is 1.10. The number of rotatable bonds is 136. The van der Waals surface area contributed by atoms with Gasteiger partial charge in [0.05, 0.1) is 0 Å². The van der Waals surface area contributed by atoms with Crippen molar-refractivity contribution >= 4 is 0 Å². The summed E-state index contributed by atoms with van der Waals surface area (Å²) in [6.07, 6.45) is 185. The maximum Gasteiger partial charge on any atom is 4.00 e. The summed E-state index contributed by atoms with van der Waals surface area (Å²) in [5.41, 5.74) is 0. The molecule has 0 aromatic carbocycles. The van der Waals surface area contributed by atoms with E-state index in [2.05, 4.69) is 55.4 Å². The van der Waals surface area contributed by atoms with Gasteiger partial charge in [-0.05, 0) is 0 Å². The molecule has 0 fully saturated rings.